The van der Waals surface area contributed by atoms with E-state index >= 15 is 0 Å². The van der Waals surface area contributed by atoms with Gasteiger partial charge in [0.05, 0.1) is 0 Å². The van der Waals surface area contributed by atoms with Crippen molar-refractivity contribution >= 4 is 17.5 Å². The minimum Gasteiger partial charge on any atom is -0.489 e. The molecule has 0 atom stereocenters. The number of carbonyl (C=O) groups excluding carboxylic acids is 2. The molecule has 5 nitrogen and oxygen atoms in total. The number of para-hydroxylation sites is 1. The van der Waals surface area contributed by atoms with Crippen LogP contribution < -0.4 is 15.4 Å². The van der Waals surface area contributed by atoms with Crippen LogP contribution in [0.4, 0.5) is 5.69 Å². The second kappa shape index (κ2) is 8.67. The summed E-state index contributed by atoms with van der Waals surface area (Å²) in [6, 6.07) is 23.5. The zero-order valence-electron chi connectivity index (χ0n) is 14.9. The minimum absolute atomic E-state index is 0.170. The third-order valence-electron chi connectivity index (χ3n) is 4.03. The van der Waals surface area contributed by atoms with Crippen molar-refractivity contribution in [3.63, 3.8) is 0 Å². The summed E-state index contributed by atoms with van der Waals surface area (Å²) in [6.45, 7) is 0.295. The topological polar surface area (TPSA) is 67.4 Å². The molecule has 0 radical (unpaired) electrons. The Morgan fingerprint density at radius 1 is 0.815 bits per heavy atom. The monoisotopic (exact) mass is 360 g/mol. The zero-order chi connectivity index (χ0) is 19.1. The predicted octanol–water partition coefficient (Wildman–Crippen LogP) is 3.88. The third kappa shape index (κ3) is 4.73. The first-order valence-electron chi connectivity index (χ1n) is 8.56. The van der Waals surface area contributed by atoms with Gasteiger partial charge in [-0.1, -0.05) is 36.4 Å². The maximum atomic E-state index is 12.7. The van der Waals surface area contributed by atoms with Gasteiger partial charge in [-0.15, -0.1) is 0 Å². The van der Waals surface area contributed by atoms with Crippen molar-refractivity contribution in [1.82, 2.24) is 5.32 Å². The molecule has 0 aliphatic heterocycles. The smallest absolute Gasteiger partial charge is 0.256 e. The van der Waals surface area contributed by atoms with E-state index in [9.17, 15) is 9.59 Å². The highest BCUT2D eigenvalue weighted by atomic mass is 16.5. The van der Waals surface area contributed by atoms with Crippen molar-refractivity contribution < 1.29 is 14.3 Å². The lowest BCUT2D eigenvalue weighted by Gasteiger charge is -2.12. The summed E-state index contributed by atoms with van der Waals surface area (Å²) < 4.78 is 5.76. The fourth-order valence-electron chi connectivity index (χ4n) is 2.59. The van der Waals surface area contributed by atoms with Gasteiger partial charge in [-0.3, -0.25) is 9.59 Å². The van der Waals surface area contributed by atoms with Gasteiger partial charge in [0.15, 0.2) is 0 Å². The Morgan fingerprint density at radius 3 is 2.19 bits per heavy atom. The highest BCUT2D eigenvalue weighted by Crippen LogP contribution is 2.17. The first-order chi connectivity index (χ1) is 13.2. The maximum absolute atomic E-state index is 12.7. The molecule has 0 aliphatic carbocycles. The fraction of sp³-hybridized carbons (Fsp3) is 0.0909. The van der Waals surface area contributed by atoms with Crippen molar-refractivity contribution in [1.29, 1.82) is 0 Å². The molecule has 3 rings (SSSR count). The number of carbonyl (C=O) groups is 2. The molecule has 0 bridgehead atoms. The molecule has 0 aliphatic rings. The van der Waals surface area contributed by atoms with Crippen molar-refractivity contribution in [2.45, 2.75) is 6.61 Å². The van der Waals surface area contributed by atoms with E-state index in [1.807, 2.05) is 48.5 Å². The van der Waals surface area contributed by atoms with Crippen molar-refractivity contribution in [2.75, 3.05) is 12.4 Å². The molecule has 5 heteroatoms. The predicted molar refractivity (Wildman–Crippen MR) is 105 cm³/mol. The van der Waals surface area contributed by atoms with Crippen molar-refractivity contribution in [3.8, 4) is 5.75 Å². The van der Waals surface area contributed by atoms with Crippen LogP contribution in [-0.2, 0) is 6.61 Å². The van der Waals surface area contributed by atoms with Gasteiger partial charge in [-0.05, 0) is 42.5 Å². The summed E-state index contributed by atoms with van der Waals surface area (Å²) in [5.41, 5.74) is 2.49. The molecular formula is C22H20N2O3. The van der Waals surface area contributed by atoms with Crippen LogP contribution in [0.1, 0.15) is 26.3 Å². The van der Waals surface area contributed by atoms with Crippen LogP contribution in [0.5, 0.6) is 5.75 Å². The number of amides is 2. The number of nitrogens with one attached hydrogen (secondary N) is 2. The van der Waals surface area contributed by atoms with Crippen LogP contribution in [0.2, 0.25) is 0 Å². The van der Waals surface area contributed by atoms with Gasteiger partial charge in [-0.2, -0.15) is 0 Å². The molecule has 2 N–H and O–H groups in total. The van der Waals surface area contributed by atoms with Crippen LogP contribution in [0, 0.1) is 0 Å². The van der Waals surface area contributed by atoms with Crippen LogP contribution >= 0.6 is 0 Å². The molecule has 0 fully saturated rings. The van der Waals surface area contributed by atoms with Gasteiger partial charge < -0.3 is 15.4 Å². The molecule has 3 aromatic carbocycles. The van der Waals surface area contributed by atoms with Crippen molar-refractivity contribution in [2.24, 2.45) is 0 Å². The highest BCUT2D eigenvalue weighted by Gasteiger charge is 2.12. The number of benzene rings is 3. The first-order valence-corrected chi connectivity index (χ1v) is 8.56. The maximum Gasteiger partial charge on any atom is 0.256 e. The second-order valence-electron chi connectivity index (χ2n) is 5.87. The molecular weight excluding hydrogens is 340 g/mol. The Labute approximate surface area is 158 Å². The molecule has 3 aromatic rings. The van der Waals surface area contributed by atoms with Gasteiger partial charge in [0.2, 0.25) is 0 Å². The van der Waals surface area contributed by atoms with E-state index in [1.54, 1.807) is 37.4 Å². The summed E-state index contributed by atoms with van der Waals surface area (Å²) in [6.07, 6.45) is 0. The Bertz CT molecular complexity index is 922. The van der Waals surface area contributed by atoms with E-state index in [0.29, 0.717) is 23.4 Å². The number of hydrogen-bond donors (Lipinski definition) is 2. The lowest BCUT2D eigenvalue weighted by Crippen LogP contribution is -2.18. The summed E-state index contributed by atoms with van der Waals surface area (Å²) >= 11 is 0. The van der Waals surface area contributed by atoms with Gasteiger partial charge in [-0.25, -0.2) is 0 Å². The van der Waals surface area contributed by atoms with E-state index in [0.717, 1.165) is 11.3 Å². The summed E-state index contributed by atoms with van der Waals surface area (Å²) in [4.78, 5) is 24.3. The first kappa shape index (κ1) is 18.2. The minimum atomic E-state index is -0.227. The molecule has 0 aromatic heterocycles. The molecule has 0 spiro atoms. The van der Waals surface area contributed by atoms with Gasteiger partial charge >= 0.3 is 0 Å². The molecule has 27 heavy (non-hydrogen) atoms. The van der Waals surface area contributed by atoms with Crippen LogP contribution in [0.3, 0.4) is 0 Å². The van der Waals surface area contributed by atoms with Gasteiger partial charge in [0.1, 0.15) is 12.4 Å². The van der Waals surface area contributed by atoms with E-state index in [4.69, 9.17) is 4.74 Å². The molecule has 0 unspecified atom stereocenters. The fourth-order valence-corrected chi connectivity index (χ4v) is 2.59. The molecule has 0 saturated heterocycles. The summed E-state index contributed by atoms with van der Waals surface area (Å²) in [5.74, 6) is 0.351. The summed E-state index contributed by atoms with van der Waals surface area (Å²) in [5, 5.41) is 5.42. The average Bonchev–Trinajstić information content (AvgIpc) is 2.73. The molecule has 0 heterocycles. The van der Waals surface area contributed by atoms with E-state index in [1.165, 1.54) is 0 Å². The summed E-state index contributed by atoms with van der Waals surface area (Å²) in [7, 11) is 1.58. The Hall–Kier alpha value is -3.60. The Balaban J connectivity index is 1.70. The van der Waals surface area contributed by atoms with Crippen LogP contribution in [0.15, 0.2) is 78.9 Å². The highest BCUT2D eigenvalue weighted by molar-refractivity contribution is 6.05. The molecule has 0 saturated carbocycles. The normalized spacial score (nSPS) is 10.1. The van der Waals surface area contributed by atoms with Gasteiger partial charge in [0, 0.05) is 29.4 Å². The van der Waals surface area contributed by atoms with Crippen molar-refractivity contribution in [3.05, 3.63) is 95.6 Å². The Morgan fingerprint density at radius 2 is 1.48 bits per heavy atom. The number of rotatable bonds is 6. The second-order valence-corrected chi connectivity index (χ2v) is 5.87. The largest absolute Gasteiger partial charge is 0.489 e. The SMILES string of the molecule is CNC(=O)c1ccc(NC(=O)c2ccccc2COc2ccccc2)cc1. The standard InChI is InChI=1S/C22H20N2O3/c1-23-21(25)16-11-13-18(14-12-16)24-22(26)20-10-6-5-7-17(20)15-27-19-8-3-2-4-9-19/h2-14H,15H2,1H3,(H,23,25)(H,24,26). The van der Waals surface area contributed by atoms with E-state index < -0.39 is 0 Å². The van der Waals surface area contributed by atoms with Crippen LogP contribution in [-0.4, -0.2) is 18.9 Å². The lowest BCUT2D eigenvalue weighted by molar-refractivity contribution is 0.0962. The number of anilines is 1. The van der Waals surface area contributed by atoms with E-state index in [2.05, 4.69) is 10.6 Å². The van der Waals surface area contributed by atoms with E-state index in [-0.39, 0.29) is 11.8 Å². The average molecular weight is 360 g/mol. The number of ether oxygens (including phenoxy) is 1. The Kier molecular flexibility index (Phi) is 5.84. The quantitative estimate of drug-likeness (QED) is 0.701. The molecule has 136 valence electrons. The number of hydrogen-bond acceptors (Lipinski definition) is 3. The van der Waals surface area contributed by atoms with Gasteiger partial charge in [0.25, 0.3) is 11.8 Å². The third-order valence-corrected chi connectivity index (χ3v) is 4.03. The molecule has 2 amide bonds. The van der Waals surface area contributed by atoms with Crippen LogP contribution in [0.25, 0.3) is 0 Å². The zero-order valence-corrected chi connectivity index (χ0v) is 14.9. The lowest BCUT2D eigenvalue weighted by atomic mass is 10.1.